The SMILES string of the molecule is O=C[C@@H](O)CO.O=P(O)(O)O. The van der Waals surface area contributed by atoms with Crippen molar-refractivity contribution >= 4 is 14.1 Å². The summed E-state index contributed by atoms with van der Waals surface area (Å²) in [5.74, 6) is 0. The van der Waals surface area contributed by atoms with E-state index < -0.39 is 20.5 Å². The van der Waals surface area contributed by atoms with Gasteiger partial charge in [0.15, 0.2) is 6.29 Å². The second kappa shape index (κ2) is 6.41. The monoisotopic (exact) mass is 188 g/mol. The van der Waals surface area contributed by atoms with Gasteiger partial charge >= 0.3 is 7.82 Å². The predicted molar refractivity (Wildman–Crippen MR) is 33.4 cm³/mol. The van der Waals surface area contributed by atoms with Crippen molar-refractivity contribution in [1.82, 2.24) is 0 Å². The van der Waals surface area contributed by atoms with Crippen LogP contribution in [-0.4, -0.2) is 43.9 Å². The highest BCUT2D eigenvalue weighted by molar-refractivity contribution is 7.45. The number of carbonyl (C=O) groups is 1. The fourth-order valence-electron chi connectivity index (χ4n) is 0.0430. The summed E-state index contributed by atoms with van der Waals surface area (Å²) < 4.78 is 8.88. The van der Waals surface area contributed by atoms with E-state index in [4.69, 9.17) is 29.5 Å². The van der Waals surface area contributed by atoms with Crippen molar-refractivity contribution in [2.45, 2.75) is 6.10 Å². The largest absolute Gasteiger partial charge is 0.466 e. The van der Waals surface area contributed by atoms with E-state index in [1.54, 1.807) is 0 Å². The quantitative estimate of drug-likeness (QED) is 0.241. The number of phosphoric acid groups is 1. The summed E-state index contributed by atoms with van der Waals surface area (Å²) in [5.41, 5.74) is 0. The van der Waals surface area contributed by atoms with E-state index in [-0.39, 0.29) is 6.29 Å². The van der Waals surface area contributed by atoms with Crippen LogP contribution in [0.4, 0.5) is 0 Å². The van der Waals surface area contributed by atoms with Crippen LogP contribution in [-0.2, 0) is 9.36 Å². The molecule has 0 fully saturated rings. The second-order valence-electron chi connectivity index (χ2n) is 1.40. The Hall–Kier alpha value is -0.300. The van der Waals surface area contributed by atoms with Gasteiger partial charge in [0.1, 0.15) is 6.10 Å². The van der Waals surface area contributed by atoms with E-state index in [0.717, 1.165) is 0 Å². The van der Waals surface area contributed by atoms with Gasteiger partial charge < -0.3 is 29.7 Å². The molecule has 0 spiro atoms. The summed E-state index contributed by atoms with van der Waals surface area (Å²) in [6.07, 6.45) is -0.912. The molecule has 0 aromatic rings. The molecule has 5 N–H and O–H groups in total. The van der Waals surface area contributed by atoms with Gasteiger partial charge in [0.05, 0.1) is 6.61 Å². The maximum absolute atomic E-state index is 9.33. The van der Waals surface area contributed by atoms with Gasteiger partial charge in [0.25, 0.3) is 0 Å². The molecule has 0 bridgehead atoms. The van der Waals surface area contributed by atoms with Crippen molar-refractivity contribution in [2.24, 2.45) is 0 Å². The molecule has 1 atom stereocenters. The summed E-state index contributed by atoms with van der Waals surface area (Å²) in [5, 5.41) is 15.9. The number of aldehydes is 1. The Balaban J connectivity index is 0. The van der Waals surface area contributed by atoms with Gasteiger partial charge in [-0.3, -0.25) is 0 Å². The fourth-order valence-corrected chi connectivity index (χ4v) is 0.0430. The summed E-state index contributed by atoms with van der Waals surface area (Å²) in [7, 11) is -4.64. The average Bonchev–Trinajstić information content (AvgIpc) is 1.83. The lowest BCUT2D eigenvalue weighted by Crippen LogP contribution is -2.12. The number of hydrogen-bond donors (Lipinski definition) is 5. The molecule has 0 rings (SSSR count). The number of rotatable bonds is 2. The van der Waals surface area contributed by atoms with Crippen LogP contribution < -0.4 is 0 Å². The first-order valence-corrected chi connectivity index (χ1v) is 3.90. The Morgan fingerprint density at radius 3 is 1.64 bits per heavy atom. The second-order valence-corrected chi connectivity index (χ2v) is 2.43. The Morgan fingerprint density at radius 1 is 1.36 bits per heavy atom. The average molecular weight is 188 g/mol. The number of carbonyl (C=O) groups excluding carboxylic acids is 1. The summed E-state index contributed by atoms with van der Waals surface area (Å²) in [4.78, 5) is 30.9. The topological polar surface area (TPSA) is 135 Å². The maximum Gasteiger partial charge on any atom is 0.466 e. The normalized spacial score (nSPS) is 12.8. The van der Waals surface area contributed by atoms with Crippen molar-refractivity contribution < 1.29 is 34.3 Å². The predicted octanol–water partition coefficient (Wildman–Crippen LogP) is -2.39. The van der Waals surface area contributed by atoms with Crippen LogP contribution in [0, 0.1) is 0 Å². The highest BCUT2D eigenvalue weighted by Crippen LogP contribution is 2.25. The van der Waals surface area contributed by atoms with Crippen LogP contribution in [0.15, 0.2) is 0 Å². The molecular formula is C3H9O7P. The molecule has 0 amide bonds. The van der Waals surface area contributed by atoms with Crippen LogP contribution in [0.25, 0.3) is 0 Å². The molecule has 0 aliphatic carbocycles. The van der Waals surface area contributed by atoms with E-state index >= 15 is 0 Å². The summed E-state index contributed by atoms with van der Waals surface area (Å²) >= 11 is 0. The molecule has 0 saturated carbocycles. The molecule has 0 heterocycles. The van der Waals surface area contributed by atoms with Crippen molar-refractivity contribution in [3.05, 3.63) is 0 Å². The molecule has 68 valence electrons. The molecule has 0 aliphatic rings. The van der Waals surface area contributed by atoms with E-state index in [0.29, 0.717) is 0 Å². The molecule has 0 unspecified atom stereocenters. The molecule has 0 saturated heterocycles. The Labute approximate surface area is 62.2 Å². The first kappa shape index (κ1) is 13.3. The van der Waals surface area contributed by atoms with Crippen LogP contribution >= 0.6 is 7.82 Å². The smallest absolute Gasteiger partial charge is 0.393 e. The number of aliphatic hydroxyl groups is 2. The van der Waals surface area contributed by atoms with Gasteiger partial charge in [-0.2, -0.15) is 0 Å². The van der Waals surface area contributed by atoms with Gasteiger partial charge in [-0.05, 0) is 0 Å². The zero-order chi connectivity index (χ0) is 9.49. The van der Waals surface area contributed by atoms with Crippen molar-refractivity contribution in [3.63, 3.8) is 0 Å². The third-order valence-corrected chi connectivity index (χ3v) is 0.344. The van der Waals surface area contributed by atoms with Crippen LogP contribution in [0.3, 0.4) is 0 Å². The highest BCUT2D eigenvalue weighted by Gasteiger charge is 2.00. The van der Waals surface area contributed by atoms with Gasteiger partial charge in [-0.1, -0.05) is 0 Å². The first-order chi connectivity index (χ1) is 4.81. The minimum Gasteiger partial charge on any atom is -0.393 e. The van der Waals surface area contributed by atoms with Gasteiger partial charge in [-0.25, -0.2) is 4.57 Å². The number of aliphatic hydroxyl groups excluding tert-OH is 2. The lowest BCUT2D eigenvalue weighted by atomic mass is 10.4. The Bertz CT molecular complexity index is 130. The fraction of sp³-hybridized carbons (Fsp3) is 0.667. The van der Waals surface area contributed by atoms with E-state index in [9.17, 15) is 4.79 Å². The van der Waals surface area contributed by atoms with E-state index in [1.807, 2.05) is 0 Å². The van der Waals surface area contributed by atoms with E-state index in [2.05, 4.69) is 0 Å². The third-order valence-electron chi connectivity index (χ3n) is 0.344. The molecule has 11 heavy (non-hydrogen) atoms. The maximum atomic E-state index is 9.33. The van der Waals surface area contributed by atoms with Crippen LogP contribution in [0.1, 0.15) is 0 Å². The highest BCUT2D eigenvalue weighted by atomic mass is 31.2. The van der Waals surface area contributed by atoms with Crippen molar-refractivity contribution in [3.8, 4) is 0 Å². The summed E-state index contributed by atoms with van der Waals surface area (Å²) in [6, 6.07) is 0. The number of hydrogen-bond acceptors (Lipinski definition) is 4. The summed E-state index contributed by atoms with van der Waals surface area (Å²) in [6.45, 7) is -0.483. The molecule has 7 nitrogen and oxygen atoms in total. The van der Waals surface area contributed by atoms with Crippen molar-refractivity contribution in [2.75, 3.05) is 6.61 Å². The van der Waals surface area contributed by atoms with Crippen LogP contribution in [0.2, 0.25) is 0 Å². The van der Waals surface area contributed by atoms with Gasteiger partial charge in [0.2, 0.25) is 0 Å². The van der Waals surface area contributed by atoms with Gasteiger partial charge in [-0.15, -0.1) is 0 Å². The molecule has 0 aliphatic heterocycles. The lowest BCUT2D eigenvalue weighted by Gasteiger charge is -1.89. The molecule has 0 radical (unpaired) electrons. The minimum atomic E-state index is -4.64. The van der Waals surface area contributed by atoms with Crippen LogP contribution in [0.5, 0.6) is 0 Å². The first-order valence-electron chi connectivity index (χ1n) is 2.33. The molecule has 8 heteroatoms. The molecule has 0 aromatic carbocycles. The zero-order valence-corrected chi connectivity index (χ0v) is 6.26. The van der Waals surface area contributed by atoms with E-state index in [1.165, 1.54) is 0 Å². The third kappa shape index (κ3) is 42.0. The minimum absolute atomic E-state index is 0.278. The lowest BCUT2D eigenvalue weighted by molar-refractivity contribution is -0.116. The standard InChI is InChI=1S/C3H6O3.H3O4P/c4-1-3(6)2-5;1-5(2,3)4/h1,3,5-6H,2H2;(H3,1,2,3,4)/t3-;/m1./s1. The van der Waals surface area contributed by atoms with Gasteiger partial charge in [0, 0.05) is 0 Å². The Morgan fingerprint density at radius 2 is 1.64 bits per heavy atom. The van der Waals surface area contributed by atoms with Crippen molar-refractivity contribution in [1.29, 1.82) is 0 Å². The Kier molecular flexibility index (Phi) is 7.75. The molecular weight excluding hydrogens is 179 g/mol. The molecule has 0 aromatic heterocycles. The zero-order valence-electron chi connectivity index (χ0n) is 5.36.